The number of methoxy groups -OCH3 is 2. The Labute approximate surface area is 161 Å². The number of hydrogen-bond acceptors (Lipinski definition) is 5. The summed E-state index contributed by atoms with van der Waals surface area (Å²) in [5, 5.41) is 2.91. The average Bonchev–Trinajstić information content (AvgIpc) is 2.66. The molecule has 1 N–H and O–H groups in total. The number of amides is 1. The molecular weight excluding hydrogens is 346 g/mol. The molecule has 0 heterocycles. The van der Waals surface area contributed by atoms with Crippen LogP contribution in [0.15, 0.2) is 30.4 Å². The van der Waals surface area contributed by atoms with E-state index in [2.05, 4.69) is 36.1 Å². The van der Waals surface area contributed by atoms with Gasteiger partial charge in [0.1, 0.15) is 0 Å². The molecule has 0 bridgehead atoms. The van der Waals surface area contributed by atoms with Gasteiger partial charge < -0.3 is 19.5 Å². The molecule has 0 spiro atoms. The van der Waals surface area contributed by atoms with Crippen LogP contribution >= 0.6 is 0 Å². The molecule has 0 saturated heterocycles. The van der Waals surface area contributed by atoms with Gasteiger partial charge in [-0.15, -0.1) is 0 Å². The minimum absolute atomic E-state index is 0.0350. The van der Waals surface area contributed by atoms with Crippen molar-refractivity contribution in [1.82, 2.24) is 5.32 Å². The smallest absolute Gasteiger partial charge is 0.343 e. The van der Waals surface area contributed by atoms with Crippen molar-refractivity contribution in [2.24, 2.45) is 5.92 Å². The van der Waals surface area contributed by atoms with Crippen molar-refractivity contribution in [3.05, 3.63) is 35.9 Å². The molecule has 1 aromatic carbocycles. The van der Waals surface area contributed by atoms with E-state index < -0.39 is 5.97 Å². The summed E-state index contributed by atoms with van der Waals surface area (Å²) in [5.74, 6) is 1.10. The van der Waals surface area contributed by atoms with Crippen LogP contribution in [0.3, 0.4) is 0 Å². The Morgan fingerprint density at radius 3 is 2.59 bits per heavy atom. The second kappa shape index (κ2) is 12.8. The fourth-order valence-corrected chi connectivity index (χ4v) is 2.34. The maximum absolute atomic E-state index is 12.0. The number of carbonyl (C=O) groups is 2. The molecule has 0 unspecified atom stereocenters. The molecule has 0 aliphatic carbocycles. The van der Waals surface area contributed by atoms with Gasteiger partial charge in [-0.2, -0.15) is 0 Å². The van der Waals surface area contributed by atoms with Crippen molar-refractivity contribution in [3.8, 4) is 11.5 Å². The second-order valence-corrected chi connectivity index (χ2v) is 6.54. The highest BCUT2D eigenvalue weighted by Crippen LogP contribution is 2.28. The molecule has 0 fully saturated rings. The molecule has 0 aliphatic heterocycles. The molecule has 6 heteroatoms. The van der Waals surface area contributed by atoms with E-state index in [-0.39, 0.29) is 12.5 Å². The van der Waals surface area contributed by atoms with Gasteiger partial charge in [0.05, 0.1) is 14.2 Å². The Balaban J connectivity index is 2.38. The van der Waals surface area contributed by atoms with Gasteiger partial charge in [-0.25, -0.2) is 4.79 Å². The van der Waals surface area contributed by atoms with Crippen LogP contribution in [0.4, 0.5) is 0 Å². The third kappa shape index (κ3) is 9.68. The monoisotopic (exact) mass is 377 g/mol. The third-order valence-electron chi connectivity index (χ3n) is 3.84. The summed E-state index contributed by atoms with van der Waals surface area (Å²) in [5.41, 5.74) is 0.894. The first-order valence-electron chi connectivity index (χ1n) is 9.26. The minimum Gasteiger partial charge on any atom is -0.493 e. The highest BCUT2D eigenvalue weighted by molar-refractivity contribution is 5.75. The van der Waals surface area contributed by atoms with Gasteiger partial charge >= 0.3 is 5.97 Å². The number of unbranched alkanes of at least 4 members (excludes halogenated alkanes) is 2. The van der Waals surface area contributed by atoms with E-state index in [1.807, 2.05) is 6.07 Å². The van der Waals surface area contributed by atoms with Crippen molar-refractivity contribution in [2.75, 3.05) is 20.8 Å². The Hall–Kier alpha value is -2.50. The van der Waals surface area contributed by atoms with Gasteiger partial charge in [-0.3, -0.25) is 4.79 Å². The molecule has 1 amide bonds. The number of nitrogens with one attached hydrogen (secondary N) is 1. The molecule has 1 aromatic rings. The first-order valence-corrected chi connectivity index (χ1v) is 9.26. The lowest BCUT2D eigenvalue weighted by molar-refractivity contribution is -0.142. The number of benzene rings is 1. The molecule has 0 radical (unpaired) electrons. The SMILES string of the molecule is COC(=O)COc1ccc(CNC(=O)CCCC/C=C/C(C)C)cc1OC. The minimum atomic E-state index is -0.465. The summed E-state index contributed by atoms with van der Waals surface area (Å²) in [6, 6.07) is 5.32. The first kappa shape index (κ1) is 22.5. The van der Waals surface area contributed by atoms with Crippen molar-refractivity contribution in [3.63, 3.8) is 0 Å². The van der Waals surface area contributed by atoms with Crippen LogP contribution in [0.2, 0.25) is 0 Å². The molecule has 6 nitrogen and oxygen atoms in total. The number of allylic oxidation sites excluding steroid dienone is 2. The lowest BCUT2D eigenvalue weighted by Crippen LogP contribution is -2.22. The fraction of sp³-hybridized carbons (Fsp3) is 0.524. The van der Waals surface area contributed by atoms with E-state index in [4.69, 9.17) is 9.47 Å². The predicted octanol–water partition coefficient (Wildman–Crippen LogP) is 3.64. The standard InChI is InChI=1S/C21H31NO5/c1-16(2)9-7-5-6-8-10-20(23)22-14-17-11-12-18(19(13-17)25-3)27-15-21(24)26-4/h7,9,11-13,16H,5-6,8,10,14-15H2,1-4H3,(H,22,23)/b9-7+. The summed E-state index contributed by atoms with van der Waals surface area (Å²) >= 11 is 0. The zero-order valence-electron chi connectivity index (χ0n) is 16.7. The van der Waals surface area contributed by atoms with Crippen LogP contribution in [-0.2, 0) is 20.9 Å². The Bertz CT molecular complexity index is 625. The average molecular weight is 377 g/mol. The van der Waals surface area contributed by atoms with E-state index in [0.717, 1.165) is 24.8 Å². The summed E-state index contributed by atoms with van der Waals surface area (Å²) in [6.07, 6.45) is 7.78. The quantitative estimate of drug-likeness (QED) is 0.342. The Kier molecular flexibility index (Phi) is 10.7. The molecule has 150 valence electrons. The number of hydrogen-bond donors (Lipinski definition) is 1. The van der Waals surface area contributed by atoms with Crippen LogP contribution < -0.4 is 14.8 Å². The van der Waals surface area contributed by atoms with Crippen molar-refractivity contribution in [2.45, 2.75) is 46.1 Å². The van der Waals surface area contributed by atoms with Gasteiger partial charge in [0.15, 0.2) is 18.1 Å². The zero-order valence-corrected chi connectivity index (χ0v) is 16.7. The summed E-state index contributed by atoms with van der Waals surface area (Å²) < 4.78 is 15.2. The van der Waals surface area contributed by atoms with E-state index in [9.17, 15) is 9.59 Å². The number of carbonyl (C=O) groups excluding carboxylic acids is 2. The van der Waals surface area contributed by atoms with Crippen LogP contribution in [-0.4, -0.2) is 32.7 Å². The maximum atomic E-state index is 12.0. The molecule has 0 saturated carbocycles. The van der Waals surface area contributed by atoms with Crippen molar-refractivity contribution >= 4 is 11.9 Å². The number of rotatable bonds is 12. The number of ether oxygens (including phenoxy) is 3. The first-order chi connectivity index (χ1) is 13.0. The largest absolute Gasteiger partial charge is 0.493 e. The maximum Gasteiger partial charge on any atom is 0.343 e. The fourth-order valence-electron chi connectivity index (χ4n) is 2.34. The van der Waals surface area contributed by atoms with Crippen LogP contribution in [0.1, 0.15) is 45.1 Å². The molecule has 27 heavy (non-hydrogen) atoms. The van der Waals surface area contributed by atoms with E-state index >= 15 is 0 Å². The molecule has 1 rings (SSSR count). The van der Waals surface area contributed by atoms with E-state index in [0.29, 0.717) is 30.4 Å². The molecule has 0 aliphatic rings. The molecule has 0 atom stereocenters. The van der Waals surface area contributed by atoms with Crippen molar-refractivity contribution < 1.29 is 23.8 Å². The van der Waals surface area contributed by atoms with Crippen LogP contribution in [0.5, 0.6) is 11.5 Å². The van der Waals surface area contributed by atoms with Gasteiger partial charge in [0, 0.05) is 13.0 Å². The van der Waals surface area contributed by atoms with Gasteiger partial charge in [-0.1, -0.05) is 32.1 Å². The lowest BCUT2D eigenvalue weighted by atomic mass is 10.1. The van der Waals surface area contributed by atoms with Gasteiger partial charge in [-0.05, 0) is 42.9 Å². The predicted molar refractivity (Wildman–Crippen MR) is 105 cm³/mol. The summed E-state index contributed by atoms with van der Waals surface area (Å²) in [6.45, 7) is 4.53. The second-order valence-electron chi connectivity index (χ2n) is 6.54. The Morgan fingerprint density at radius 1 is 1.15 bits per heavy atom. The topological polar surface area (TPSA) is 73.9 Å². The summed E-state index contributed by atoms with van der Waals surface area (Å²) in [7, 11) is 2.83. The molecular formula is C21H31NO5. The normalized spacial score (nSPS) is 10.9. The number of esters is 1. The van der Waals surface area contributed by atoms with Gasteiger partial charge in [0.2, 0.25) is 5.91 Å². The highest BCUT2D eigenvalue weighted by atomic mass is 16.6. The van der Waals surface area contributed by atoms with Crippen LogP contribution in [0, 0.1) is 5.92 Å². The lowest BCUT2D eigenvalue weighted by Gasteiger charge is -2.12. The summed E-state index contributed by atoms with van der Waals surface area (Å²) in [4.78, 5) is 23.1. The van der Waals surface area contributed by atoms with E-state index in [1.165, 1.54) is 14.2 Å². The highest BCUT2D eigenvalue weighted by Gasteiger charge is 2.09. The third-order valence-corrected chi connectivity index (χ3v) is 3.84. The van der Waals surface area contributed by atoms with Crippen LogP contribution in [0.25, 0.3) is 0 Å². The Morgan fingerprint density at radius 2 is 1.93 bits per heavy atom. The van der Waals surface area contributed by atoms with Gasteiger partial charge in [0.25, 0.3) is 0 Å². The zero-order chi connectivity index (χ0) is 20.1. The van der Waals surface area contributed by atoms with Crippen molar-refractivity contribution in [1.29, 1.82) is 0 Å². The molecule has 0 aromatic heterocycles. The van der Waals surface area contributed by atoms with E-state index in [1.54, 1.807) is 12.1 Å².